The predicted molar refractivity (Wildman–Crippen MR) is 63.1 cm³/mol. The zero-order chi connectivity index (χ0) is 10.8. The van der Waals surface area contributed by atoms with Crippen molar-refractivity contribution in [3.05, 3.63) is 34.3 Å². The van der Waals surface area contributed by atoms with Crippen molar-refractivity contribution >= 4 is 11.6 Å². The molecule has 1 atom stereocenters. The summed E-state index contributed by atoms with van der Waals surface area (Å²) in [6.07, 6.45) is 4.43. The van der Waals surface area contributed by atoms with E-state index in [9.17, 15) is 5.11 Å². The largest absolute Gasteiger partial charge is 0.388 e. The van der Waals surface area contributed by atoms with Crippen molar-refractivity contribution in [1.82, 2.24) is 0 Å². The maximum absolute atomic E-state index is 10.0. The van der Waals surface area contributed by atoms with Gasteiger partial charge >= 0.3 is 0 Å². The molecule has 0 spiro atoms. The van der Waals surface area contributed by atoms with Gasteiger partial charge in [0.1, 0.15) is 0 Å². The molecule has 0 heterocycles. The van der Waals surface area contributed by atoms with Crippen LogP contribution in [0.5, 0.6) is 0 Å². The summed E-state index contributed by atoms with van der Waals surface area (Å²) >= 11 is 5.88. The second kappa shape index (κ2) is 4.54. The Morgan fingerprint density at radius 3 is 2.80 bits per heavy atom. The third kappa shape index (κ3) is 2.96. The second-order valence-corrected chi connectivity index (χ2v) is 4.97. The first-order valence-corrected chi connectivity index (χ1v) is 5.98. The molecule has 1 fully saturated rings. The maximum atomic E-state index is 10.0. The molecule has 0 amide bonds. The van der Waals surface area contributed by atoms with Crippen LogP contribution in [0, 0.1) is 12.8 Å². The summed E-state index contributed by atoms with van der Waals surface area (Å²) in [5, 5.41) is 10.8. The van der Waals surface area contributed by atoms with Gasteiger partial charge in [0.15, 0.2) is 0 Å². The Hall–Kier alpha value is -0.530. The van der Waals surface area contributed by atoms with Crippen LogP contribution in [0.2, 0.25) is 5.02 Å². The normalized spacial score (nSPS) is 17.8. The number of rotatable bonds is 4. The first-order chi connectivity index (χ1) is 7.16. The van der Waals surface area contributed by atoms with Crippen LogP contribution in [0.3, 0.4) is 0 Å². The van der Waals surface area contributed by atoms with Crippen LogP contribution in [0.4, 0.5) is 0 Å². The lowest BCUT2D eigenvalue weighted by atomic mass is 9.99. The number of halogens is 1. The fourth-order valence-electron chi connectivity index (χ4n) is 1.97. The molecule has 1 aromatic carbocycles. The summed E-state index contributed by atoms with van der Waals surface area (Å²) in [4.78, 5) is 0. The summed E-state index contributed by atoms with van der Waals surface area (Å²) in [7, 11) is 0. The van der Waals surface area contributed by atoms with Crippen molar-refractivity contribution in [3.63, 3.8) is 0 Å². The maximum Gasteiger partial charge on any atom is 0.0792 e. The Balaban J connectivity index is 1.99. The molecule has 1 aliphatic rings. The van der Waals surface area contributed by atoms with E-state index in [1.165, 1.54) is 12.8 Å². The molecule has 0 saturated heterocycles. The number of hydrogen-bond donors (Lipinski definition) is 1. The number of hydrogen-bond acceptors (Lipinski definition) is 1. The summed E-state index contributed by atoms with van der Waals surface area (Å²) in [6, 6.07) is 5.71. The third-order valence-corrected chi connectivity index (χ3v) is 3.37. The van der Waals surface area contributed by atoms with E-state index in [0.29, 0.717) is 0 Å². The van der Waals surface area contributed by atoms with Crippen LogP contribution in [0.15, 0.2) is 18.2 Å². The van der Waals surface area contributed by atoms with Gasteiger partial charge in [0.25, 0.3) is 0 Å². The number of aryl methyl sites for hydroxylation is 1. The minimum Gasteiger partial charge on any atom is -0.388 e. The van der Waals surface area contributed by atoms with Gasteiger partial charge in [-0.15, -0.1) is 0 Å². The van der Waals surface area contributed by atoms with Gasteiger partial charge in [-0.1, -0.05) is 30.5 Å². The van der Waals surface area contributed by atoms with Crippen molar-refractivity contribution in [2.75, 3.05) is 0 Å². The highest BCUT2D eigenvalue weighted by molar-refractivity contribution is 6.30. The van der Waals surface area contributed by atoms with Crippen LogP contribution in [0.1, 0.15) is 42.9 Å². The Morgan fingerprint density at radius 1 is 1.47 bits per heavy atom. The van der Waals surface area contributed by atoms with E-state index in [4.69, 9.17) is 11.6 Å². The SMILES string of the molecule is Cc1cc(Cl)ccc1C(O)CCC1CC1. The summed E-state index contributed by atoms with van der Waals surface area (Å²) < 4.78 is 0. The average Bonchev–Trinajstić information content (AvgIpc) is 2.97. The molecule has 0 bridgehead atoms. The van der Waals surface area contributed by atoms with E-state index in [1.54, 1.807) is 0 Å². The molecule has 1 saturated carbocycles. The molecule has 1 aromatic rings. The van der Waals surface area contributed by atoms with Gasteiger partial charge in [-0.2, -0.15) is 0 Å². The van der Waals surface area contributed by atoms with Crippen molar-refractivity contribution in [3.8, 4) is 0 Å². The molecular weight excluding hydrogens is 208 g/mol. The third-order valence-electron chi connectivity index (χ3n) is 3.14. The fraction of sp³-hybridized carbons (Fsp3) is 0.538. The van der Waals surface area contributed by atoms with Crippen LogP contribution in [-0.4, -0.2) is 5.11 Å². The molecule has 1 nitrogen and oxygen atoms in total. The molecule has 2 heteroatoms. The lowest BCUT2D eigenvalue weighted by Crippen LogP contribution is -2.00. The average molecular weight is 225 g/mol. The minimum absolute atomic E-state index is 0.317. The van der Waals surface area contributed by atoms with Gasteiger partial charge in [0.2, 0.25) is 0 Å². The van der Waals surface area contributed by atoms with Crippen LogP contribution in [-0.2, 0) is 0 Å². The van der Waals surface area contributed by atoms with Gasteiger partial charge in [0.05, 0.1) is 6.10 Å². The molecule has 1 N–H and O–H groups in total. The highest BCUT2D eigenvalue weighted by Crippen LogP contribution is 2.36. The summed E-state index contributed by atoms with van der Waals surface area (Å²) in [6.45, 7) is 2.00. The van der Waals surface area contributed by atoms with Crippen molar-refractivity contribution in [2.45, 2.75) is 38.7 Å². The molecule has 82 valence electrons. The quantitative estimate of drug-likeness (QED) is 0.823. The van der Waals surface area contributed by atoms with E-state index in [-0.39, 0.29) is 6.10 Å². The fourth-order valence-corrected chi connectivity index (χ4v) is 2.20. The van der Waals surface area contributed by atoms with Gasteiger partial charge in [-0.3, -0.25) is 0 Å². The zero-order valence-corrected chi connectivity index (χ0v) is 9.80. The molecule has 0 aliphatic heterocycles. The lowest BCUT2D eigenvalue weighted by molar-refractivity contribution is 0.161. The van der Waals surface area contributed by atoms with E-state index in [1.807, 2.05) is 25.1 Å². The van der Waals surface area contributed by atoms with E-state index in [0.717, 1.165) is 34.9 Å². The first kappa shape index (κ1) is 11.0. The second-order valence-electron chi connectivity index (χ2n) is 4.54. The van der Waals surface area contributed by atoms with Crippen LogP contribution in [0.25, 0.3) is 0 Å². The van der Waals surface area contributed by atoms with Crippen molar-refractivity contribution < 1.29 is 5.11 Å². The highest BCUT2D eigenvalue weighted by atomic mass is 35.5. The van der Waals surface area contributed by atoms with E-state index < -0.39 is 0 Å². The van der Waals surface area contributed by atoms with Crippen LogP contribution < -0.4 is 0 Å². The molecule has 2 rings (SSSR count). The standard InChI is InChI=1S/C13H17ClO/c1-9-8-11(14)5-6-12(9)13(15)7-4-10-2-3-10/h5-6,8,10,13,15H,2-4,7H2,1H3. The number of aliphatic hydroxyl groups excluding tert-OH is 1. The molecule has 0 radical (unpaired) electrons. The predicted octanol–water partition coefficient (Wildman–Crippen LogP) is 3.87. The lowest BCUT2D eigenvalue weighted by Gasteiger charge is -2.13. The molecule has 15 heavy (non-hydrogen) atoms. The molecule has 1 aliphatic carbocycles. The summed E-state index contributed by atoms with van der Waals surface area (Å²) in [5.41, 5.74) is 2.12. The van der Waals surface area contributed by atoms with Gasteiger partial charge in [-0.25, -0.2) is 0 Å². The first-order valence-electron chi connectivity index (χ1n) is 5.61. The van der Waals surface area contributed by atoms with E-state index in [2.05, 4.69) is 0 Å². The van der Waals surface area contributed by atoms with Gasteiger partial charge in [-0.05, 0) is 48.9 Å². The Bertz CT molecular complexity index is 344. The monoisotopic (exact) mass is 224 g/mol. The zero-order valence-electron chi connectivity index (χ0n) is 9.04. The van der Waals surface area contributed by atoms with Gasteiger partial charge in [0, 0.05) is 5.02 Å². The van der Waals surface area contributed by atoms with E-state index >= 15 is 0 Å². The number of aliphatic hydroxyl groups is 1. The molecule has 0 aromatic heterocycles. The minimum atomic E-state index is -0.317. The highest BCUT2D eigenvalue weighted by Gasteiger charge is 2.22. The smallest absolute Gasteiger partial charge is 0.0792 e. The molecular formula is C13H17ClO. The topological polar surface area (TPSA) is 20.2 Å². The number of benzene rings is 1. The van der Waals surface area contributed by atoms with Crippen molar-refractivity contribution in [1.29, 1.82) is 0 Å². The Morgan fingerprint density at radius 2 is 2.20 bits per heavy atom. The van der Waals surface area contributed by atoms with Gasteiger partial charge < -0.3 is 5.11 Å². The Kier molecular flexibility index (Phi) is 3.32. The molecule has 1 unspecified atom stereocenters. The Labute approximate surface area is 96.1 Å². The van der Waals surface area contributed by atoms with Crippen molar-refractivity contribution in [2.24, 2.45) is 5.92 Å². The van der Waals surface area contributed by atoms with Crippen LogP contribution >= 0.6 is 11.6 Å². The summed E-state index contributed by atoms with van der Waals surface area (Å²) in [5.74, 6) is 0.882.